The van der Waals surface area contributed by atoms with Gasteiger partial charge in [0.1, 0.15) is 5.75 Å². The van der Waals surface area contributed by atoms with Gasteiger partial charge in [0.25, 0.3) is 0 Å². The summed E-state index contributed by atoms with van der Waals surface area (Å²) < 4.78 is 5.52. The van der Waals surface area contributed by atoms with Gasteiger partial charge in [-0.1, -0.05) is 44.2 Å². The van der Waals surface area contributed by atoms with Crippen LogP contribution < -0.4 is 10.1 Å². The van der Waals surface area contributed by atoms with Gasteiger partial charge in [0.15, 0.2) is 0 Å². The van der Waals surface area contributed by atoms with Crippen LogP contribution >= 0.6 is 0 Å². The Hall–Kier alpha value is -1.51. The van der Waals surface area contributed by atoms with Crippen LogP contribution in [0.15, 0.2) is 24.3 Å². The van der Waals surface area contributed by atoms with Crippen LogP contribution in [0, 0.1) is 5.92 Å². The number of carbonyl (C=O) groups is 1. The van der Waals surface area contributed by atoms with Crippen LogP contribution in [0.3, 0.4) is 0 Å². The predicted octanol–water partition coefficient (Wildman–Crippen LogP) is 4.77. The van der Waals surface area contributed by atoms with Gasteiger partial charge < -0.3 is 10.1 Å². The first-order valence-electron chi connectivity index (χ1n) is 8.31. The second-order valence-corrected chi connectivity index (χ2v) is 5.87. The molecule has 116 valence electrons. The fourth-order valence-corrected chi connectivity index (χ4v) is 3.09. The number of hydrogen-bond donors (Lipinski definition) is 1. The normalized spacial score (nSPS) is 15.7. The summed E-state index contributed by atoms with van der Waals surface area (Å²) in [4.78, 5) is 12.0. The quantitative estimate of drug-likeness (QED) is 0.785. The van der Waals surface area contributed by atoms with E-state index in [0.717, 1.165) is 23.8 Å². The molecule has 2 rings (SSSR count). The van der Waals surface area contributed by atoms with Crippen molar-refractivity contribution in [3.8, 4) is 5.75 Å². The minimum atomic E-state index is 0.0953. The zero-order chi connectivity index (χ0) is 14.9. The van der Waals surface area contributed by atoms with Crippen molar-refractivity contribution < 1.29 is 9.53 Å². The molecule has 1 aromatic rings. The van der Waals surface area contributed by atoms with Crippen molar-refractivity contribution in [2.24, 2.45) is 5.92 Å². The van der Waals surface area contributed by atoms with E-state index in [1.165, 1.54) is 38.5 Å². The minimum Gasteiger partial charge on any atom is -0.492 e. The van der Waals surface area contributed by atoms with Gasteiger partial charge in [-0.25, -0.2) is 0 Å². The zero-order valence-corrected chi connectivity index (χ0v) is 13.1. The maximum Gasteiger partial charge on any atom is 0.224 e. The highest BCUT2D eigenvalue weighted by molar-refractivity contribution is 5.92. The van der Waals surface area contributed by atoms with E-state index in [4.69, 9.17) is 4.74 Å². The third-order valence-electron chi connectivity index (χ3n) is 4.20. The SMILES string of the molecule is CCOc1ccccc1NC(=O)CCCC1CCCCC1. The minimum absolute atomic E-state index is 0.0953. The Morgan fingerprint density at radius 2 is 2.00 bits per heavy atom. The number of amides is 1. The van der Waals surface area contributed by atoms with E-state index in [9.17, 15) is 4.79 Å². The number of nitrogens with one attached hydrogen (secondary N) is 1. The van der Waals surface area contributed by atoms with Crippen LogP contribution in [-0.2, 0) is 4.79 Å². The van der Waals surface area contributed by atoms with Gasteiger partial charge in [-0.3, -0.25) is 4.79 Å². The molecule has 0 unspecified atom stereocenters. The molecule has 3 heteroatoms. The molecule has 0 aromatic heterocycles. The van der Waals surface area contributed by atoms with Crippen LogP contribution in [0.1, 0.15) is 58.3 Å². The molecular formula is C18H27NO2. The van der Waals surface area contributed by atoms with Gasteiger partial charge in [0.05, 0.1) is 12.3 Å². The van der Waals surface area contributed by atoms with Crippen LogP contribution in [0.25, 0.3) is 0 Å². The van der Waals surface area contributed by atoms with Crippen molar-refractivity contribution >= 4 is 11.6 Å². The van der Waals surface area contributed by atoms with E-state index in [-0.39, 0.29) is 5.91 Å². The lowest BCUT2D eigenvalue weighted by Crippen LogP contribution is -2.13. The van der Waals surface area contributed by atoms with Crippen molar-refractivity contribution in [2.75, 3.05) is 11.9 Å². The average Bonchev–Trinajstić information content (AvgIpc) is 2.50. The number of hydrogen-bond acceptors (Lipinski definition) is 2. The summed E-state index contributed by atoms with van der Waals surface area (Å²) in [6, 6.07) is 7.62. The van der Waals surface area contributed by atoms with Crippen molar-refractivity contribution in [3.63, 3.8) is 0 Å². The summed E-state index contributed by atoms with van der Waals surface area (Å²) in [5.74, 6) is 1.70. The Labute approximate surface area is 128 Å². The van der Waals surface area contributed by atoms with E-state index < -0.39 is 0 Å². The fourth-order valence-electron chi connectivity index (χ4n) is 3.09. The second kappa shape index (κ2) is 8.71. The topological polar surface area (TPSA) is 38.3 Å². The molecule has 0 bridgehead atoms. The third-order valence-corrected chi connectivity index (χ3v) is 4.20. The Kier molecular flexibility index (Phi) is 6.58. The first kappa shape index (κ1) is 15.9. The number of ether oxygens (including phenoxy) is 1. The number of carbonyl (C=O) groups excluding carboxylic acids is 1. The summed E-state index contributed by atoms with van der Waals surface area (Å²) in [5, 5.41) is 2.97. The maximum absolute atomic E-state index is 12.0. The van der Waals surface area contributed by atoms with Gasteiger partial charge in [-0.15, -0.1) is 0 Å². The van der Waals surface area contributed by atoms with Crippen LogP contribution in [0.2, 0.25) is 0 Å². The zero-order valence-electron chi connectivity index (χ0n) is 13.1. The van der Waals surface area contributed by atoms with Crippen molar-refractivity contribution in [3.05, 3.63) is 24.3 Å². The molecule has 0 heterocycles. The highest BCUT2D eigenvalue weighted by Crippen LogP contribution is 2.28. The molecular weight excluding hydrogens is 262 g/mol. The van der Waals surface area contributed by atoms with Crippen LogP contribution in [0.4, 0.5) is 5.69 Å². The van der Waals surface area contributed by atoms with Crippen molar-refractivity contribution in [2.45, 2.75) is 58.3 Å². The van der Waals surface area contributed by atoms with Crippen LogP contribution in [0.5, 0.6) is 5.75 Å². The number of para-hydroxylation sites is 2. The van der Waals surface area contributed by atoms with Gasteiger partial charge >= 0.3 is 0 Å². The summed E-state index contributed by atoms with van der Waals surface area (Å²) in [6.45, 7) is 2.55. The lowest BCUT2D eigenvalue weighted by atomic mass is 9.86. The van der Waals surface area contributed by atoms with Gasteiger partial charge in [-0.2, -0.15) is 0 Å². The molecule has 0 saturated heterocycles. The van der Waals surface area contributed by atoms with Crippen LogP contribution in [-0.4, -0.2) is 12.5 Å². The molecule has 1 N–H and O–H groups in total. The monoisotopic (exact) mass is 289 g/mol. The maximum atomic E-state index is 12.0. The van der Waals surface area contributed by atoms with Crippen molar-refractivity contribution in [1.29, 1.82) is 0 Å². The third kappa shape index (κ3) is 5.41. The molecule has 21 heavy (non-hydrogen) atoms. The summed E-state index contributed by atoms with van der Waals surface area (Å²) in [7, 11) is 0. The molecule has 0 spiro atoms. The lowest BCUT2D eigenvalue weighted by Gasteiger charge is -2.21. The standard InChI is InChI=1S/C18H27NO2/c1-2-21-17-13-7-6-12-16(17)19-18(20)14-8-11-15-9-4-3-5-10-15/h6-7,12-13,15H,2-5,8-11,14H2,1H3,(H,19,20). The molecule has 1 amide bonds. The Balaban J connectivity index is 1.73. The molecule has 1 aliphatic rings. The smallest absolute Gasteiger partial charge is 0.224 e. The molecule has 1 fully saturated rings. The largest absolute Gasteiger partial charge is 0.492 e. The molecule has 3 nitrogen and oxygen atoms in total. The fraction of sp³-hybridized carbons (Fsp3) is 0.611. The molecule has 1 aliphatic carbocycles. The summed E-state index contributed by atoms with van der Waals surface area (Å²) in [5.41, 5.74) is 0.780. The Morgan fingerprint density at radius 3 is 2.76 bits per heavy atom. The summed E-state index contributed by atoms with van der Waals surface area (Å²) >= 11 is 0. The number of benzene rings is 1. The second-order valence-electron chi connectivity index (χ2n) is 5.87. The van der Waals surface area contributed by atoms with Gasteiger partial charge in [-0.05, 0) is 37.8 Å². The van der Waals surface area contributed by atoms with E-state index in [2.05, 4.69) is 5.32 Å². The predicted molar refractivity (Wildman–Crippen MR) is 86.7 cm³/mol. The molecule has 1 aromatic carbocycles. The van der Waals surface area contributed by atoms with Gasteiger partial charge in [0, 0.05) is 6.42 Å². The molecule has 1 saturated carbocycles. The summed E-state index contributed by atoms with van der Waals surface area (Å²) in [6.07, 6.45) is 9.65. The number of rotatable bonds is 7. The molecule has 0 atom stereocenters. The van der Waals surface area contributed by atoms with E-state index in [0.29, 0.717) is 13.0 Å². The Bertz CT molecular complexity index is 439. The molecule has 0 radical (unpaired) electrons. The average molecular weight is 289 g/mol. The Morgan fingerprint density at radius 1 is 1.24 bits per heavy atom. The van der Waals surface area contributed by atoms with E-state index in [1.54, 1.807) is 0 Å². The highest BCUT2D eigenvalue weighted by Gasteiger charge is 2.14. The number of anilines is 1. The molecule has 0 aliphatic heterocycles. The highest BCUT2D eigenvalue weighted by atomic mass is 16.5. The lowest BCUT2D eigenvalue weighted by molar-refractivity contribution is -0.116. The van der Waals surface area contributed by atoms with E-state index in [1.807, 2.05) is 31.2 Å². The van der Waals surface area contributed by atoms with Crippen molar-refractivity contribution in [1.82, 2.24) is 0 Å². The van der Waals surface area contributed by atoms with Gasteiger partial charge in [0.2, 0.25) is 5.91 Å². The first-order valence-corrected chi connectivity index (χ1v) is 8.31. The van der Waals surface area contributed by atoms with E-state index >= 15 is 0 Å². The first-order chi connectivity index (χ1) is 10.3.